The molecule has 0 saturated carbocycles. The van der Waals surface area contributed by atoms with Crippen molar-refractivity contribution >= 4 is 26.8 Å². The van der Waals surface area contributed by atoms with Crippen LogP contribution in [0.1, 0.15) is 18.2 Å². The van der Waals surface area contributed by atoms with E-state index in [0.717, 1.165) is 36.3 Å². The van der Waals surface area contributed by atoms with E-state index in [1.165, 1.54) is 22.2 Å². The Morgan fingerprint density at radius 3 is 3.00 bits per heavy atom. The lowest BCUT2D eigenvalue weighted by Gasteiger charge is -2.24. The zero-order chi connectivity index (χ0) is 17.4. The van der Waals surface area contributed by atoms with E-state index in [2.05, 4.69) is 60.6 Å². The summed E-state index contributed by atoms with van der Waals surface area (Å²) in [5.41, 5.74) is 4.84. The summed E-state index contributed by atoms with van der Waals surface area (Å²) in [4.78, 5) is 11.0. The van der Waals surface area contributed by atoms with E-state index in [-0.39, 0.29) is 0 Å². The summed E-state index contributed by atoms with van der Waals surface area (Å²) < 4.78 is 8.81. The SMILES string of the molecule is COCCN(C)[C@H]1CCn2c1c(-c1ccncn1)c1cc(Br)ccc12. The maximum atomic E-state index is 5.27. The molecule has 0 amide bonds. The lowest BCUT2D eigenvalue weighted by atomic mass is 10.0. The van der Waals surface area contributed by atoms with E-state index < -0.39 is 0 Å². The van der Waals surface area contributed by atoms with Crippen LogP contribution in [0.25, 0.3) is 22.2 Å². The van der Waals surface area contributed by atoms with Gasteiger partial charge >= 0.3 is 0 Å². The number of nitrogens with zero attached hydrogens (tertiary/aromatic N) is 4. The van der Waals surface area contributed by atoms with E-state index in [1.807, 2.05) is 12.3 Å². The van der Waals surface area contributed by atoms with Crippen LogP contribution in [-0.2, 0) is 11.3 Å². The van der Waals surface area contributed by atoms with Crippen LogP contribution in [0.4, 0.5) is 0 Å². The van der Waals surface area contributed by atoms with Gasteiger partial charge in [0, 0.05) is 53.0 Å². The predicted molar refractivity (Wildman–Crippen MR) is 103 cm³/mol. The van der Waals surface area contributed by atoms with Crippen molar-refractivity contribution in [3.8, 4) is 11.3 Å². The van der Waals surface area contributed by atoms with Gasteiger partial charge in [-0.1, -0.05) is 15.9 Å². The maximum Gasteiger partial charge on any atom is 0.116 e. The molecule has 0 bridgehead atoms. The Morgan fingerprint density at radius 1 is 1.36 bits per heavy atom. The van der Waals surface area contributed by atoms with E-state index >= 15 is 0 Å². The molecule has 0 N–H and O–H groups in total. The molecule has 0 radical (unpaired) electrons. The first-order valence-corrected chi connectivity index (χ1v) is 9.27. The smallest absolute Gasteiger partial charge is 0.116 e. The Morgan fingerprint density at radius 2 is 2.24 bits per heavy atom. The second-order valence-electron chi connectivity index (χ2n) is 6.45. The van der Waals surface area contributed by atoms with Crippen molar-refractivity contribution in [2.75, 3.05) is 27.3 Å². The molecular weight excluding hydrogens is 380 g/mol. The van der Waals surface area contributed by atoms with Gasteiger partial charge in [0.2, 0.25) is 0 Å². The molecule has 1 aliphatic heterocycles. The summed E-state index contributed by atoms with van der Waals surface area (Å²) in [5.74, 6) is 0. The Kier molecular flexibility index (Phi) is 4.58. The highest BCUT2D eigenvalue weighted by atomic mass is 79.9. The van der Waals surface area contributed by atoms with Crippen molar-refractivity contribution < 1.29 is 4.74 Å². The molecule has 1 aromatic carbocycles. The number of benzene rings is 1. The molecule has 0 spiro atoms. The first-order valence-electron chi connectivity index (χ1n) is 8.48. The number of hydrogen-bond acceptors (Lipinski definition) is 4. The number of methoxy groups -OCH3 is 1. The van der Waals surface area contributed by atoms with Crippen LogP contribution in [0.2, 0.25) is 0 Å². The number of aryl methyl sites for hydroxylation is 1. The molecule has 0 fully saturated rings. The summed E-state index contributed by atoms with van der Waals surface area (Å²) in [6, 6.07) is 8.88. The van der Waals surface area contributed by atoms with Crippen molar-refractivity contribution in [2.24, 2.45) is 0 Å². The van der Waals surface area contributed by atoms with Crippen molar-refractivity contribution in [2.45, 2.75) is 19.0 Å². The third-order valence-electron chi connectivity index (χ3n) is 5.03. The molecule has 5 nitrogen and oxygen atoms in total. The van der Waals surface area contributed by atoms with E-state index in [1.54, 1.807) is 13.4 Å². The molecule has 0 saturated heterocycles. The lowest BCUT2D eigenvalue weighted by Crippen LogP contribution is -2.27. The minimum atomic E-state index is 0.367. The fraction of sp³-hybridized carbons (Fsp3) is 0.368. The largest absolute Gasteiger partial charge is 0.383 e. The fourth-order valence-corrected chi connectivity index (χ4v) is 4.21. The minimum Gasteiger partial charge on any atom is -0.383 e. The molecule has 3 aromatic rings. The van der Waals surface area contributed by atoms with Gasteiger partial charge < -0.3 is 9.30 Å². The van der Waals surface area contributed by atoms with Gasteiger partial charge in [0.15, 0.2) is 0 Å². The van der Waals surface area contributed by atoms with Crippen LogP contribution < -0.4 is 0 Å². The van der Waals surface area contributed by atoms with E-state index in [0.29, 0.717) is 6.04 Å². The molecule has 2 aromatic heterocycles. The van der Waals surface area contributed by atoms with Gasteiger partial charge in [-0.15, -0.1) is 0 Å². The highest BCUT2D eigenvalue weighted by molar-refractivity contribution is 9.10. The third kappa shape index (κ3) is 2.88. The standard InChI is InChI=1S/C19H21BrN4O/c1-23(9-10-25-2)17-6-8-24-16-4-3-13(20)11-14(16)18(19(17)24)15-5-7-21-12-22-15/h3-5,7,11-12,17H,6,8-10H2,1-2H3/t17-/m0/s1. The lowest BCUT2D eigenvalue weighted by molar-refractivity contribution is 0.139. The molecule has 1 aliphatic rings. The quantitative estimate of drug-likeness (QED) is 0.651. The van der Waals surface area contributed by atoms with Crippen LogP contribution in [0, 0.1) is 0 Å². The molecule has 6 heteroatoms. The Hall–Kier alpha value is -1.76. The second-order valence-corrected chi connectivity index (χ2v) is 7.36. The average molecular weight is 401 g/mol. The third-order valence-corrected chi connectivity index (χ3v) is 5.52. The molecule has 4 rings (SSSR count). The molecule has 0 unspecified atom stereocenters. The Balaban J connectivity index is 1.91. The van der Waals surface area contributed by atoms with Gasteiger partial charge in [0.1, 0.15) is 6.33 Å². The molecular formula is C19H21BrN4O. The molecule has 25 heavy (non-hydrogen) atoms. The number of halogens is 1. The zero-order valence-corrected chi connectivity index (χ0v) is 16.0. The second kappa shape index (κ2) is 6.86. The van der Waals surface area contributed by atoms with Gasteiger partial charge in [0.05, 0.1) is 18.3 Å². The van der Waals surface area contributed by atoms with E-state index in [4.69, 9.17) is 4.74 Å². The van der Waals surface area contributed by atoms with E-state index in [9.17, 15) is 0 Å². The summed E-state index contributed by atoms with van der Waals surface area (Å²) in [7, 11) is 3.93. The van der Waals surface area contributed by atoms with Crippen molar-refractivity contribution in [1.29, 1.82) is 0 Å². The Bertz CT molecular complexity index is 893. The van der Waals surface area contributed by atoms with Crippen molar-refractivity contribution in [1.82, 2.24) is 19.4 Å². The normalized spacial score (nSPS) is 16.7. The topological polar surface area (TPSA) is 43.2 Å². The Labute approximate surface area is 155 Å². The van der Waals surface area contributed by atoms with Crippen LogP contribution in [0.15, 0.2) is 41.3 Å². The highest BCUT2D eigenvalue weighted by Crippen LogP contribution is 2.44. The number of rotatable bonds is 5. The highest BCUT2D eigenvalue weighted by Gasteiger charge is 2.32. The van der Waals surface area contributed by atoms with Crippen LogP contribution >= 0.6 is 15.9 Å². The van der Waals surface area contributed by atoms with Crippen LogP contribution in [0.5, 0.6) is 0 Å². The summed E-state index contributed by atoms with van der Waals surface area (Å²) in [5, 5.41) is 1.24. The molecule has 130 valence electrons. The number of fused-ring (bicyclic) bond motifs is 3. The first kappa shape index (κ1) is 16.7. The number of aromatic nitrogens is 3. The summed E-state index contributed by atoms with van der Waals surface area (Å²) in [6.45, 7) is 2.68. The van der Waals surface area contributed by atoms with Crippen LogP contribution in [-0.4, -0.2) is 46.7 Å². The fourth-order valence-electron chi connectivity index (χ4n) is 3.85. The minimum absolute atomic E-state index is 0.367. The predicted octanol–water partition coefficient (Wildman–Crippen LogP) is 3.88. The van der Waals surface area contributed by atoms with Gasteiger partial charge in [-0.05, 0) is 37.7 Å². The monoisotopic (exact) mass is 400 g/mol. The number of likely N-dealkylation sites (N-methyl/N-ethyl adjacent to an activating group) is 1. The zero-order valence-electron chi connectivity index (χ0n) is 14.4. The maximum absolute atomic E-state index is 5.27. The van der Waals surface area contributed by atoms with Crippen molar-refractivity contribution in [3.63, 3.8) is 0 Å². The average Bonchev–Trinajstić information content (AvgIpc) is 3.18. The van der Waals surface area contributed by atoms with Gasteiger partial charge in [-0.2, -0.15) is 0 Å². The summed E-state index contributed by atoms with van der Waals surface area (Å²) in [6.07, 6.45) is 4.55. The van der Waals surface area contributed by atoms with Crippen LogP contribution in [0.3, 0.4) is 0 Å². The van der Waals surface area contributed by atoms with Gasteiger partial charge in [-0.3, -0.25) is 4.90 Å². The molecule has 3 heterocycles. The first-order chi connectivity index (χ1) is 12.2. The number of ether oxygens (including phenoxy) is 1. The molecule has 0 aliphatic carbocycles. The molecule has 1 atom stereocenters. The van der Waals surface area contributed by atoms with Gasteiger partial charge in [-0.25, -0.2) is 9.97 Å². The van der Waals surface area contributed by atoms with Crippen molar-refractivity contribution in [3.05, 3.63) is 47.0 Å². The summed E-state index contributed by atoms with van der Waals surface area (Å²) >= 11 is 3.62. The van der Waals surface area contributed by atoms with Gasteiger partial charge in [0.25, 0.3) is 0 Å². The number of hydrogen-bond donors (Lipinski definition) is 0.